The summed E-state index contributed by atoms with van der Waals surface area (Å²) >= 11 is 0. The number of imidazole rings is 1. The minimum absolute atomic E-state index is 0.219. The van der Waals surface area contributed by atoms with E-state index >= 15 is 0 Å². The number of aromatic nitrogens is 5. The lowest BCUT2D eigenvalue weighted by atomic mass is 9.93. The topological polar surface area (TPSA) is 79.3 Å². The maximum Gasteiger partial charge on any atom is 0.573 e. The van der Waals surface area contributed by atoms with Crippen LogP contribution < -0.4 is 4.74 Å². The highest BCUT2D eigenvalue weighted by Crippen LogP contribution is 2.40. The molecule has 8 nitrogen and oxygen atoms in total. The van der Waals surface area contributed by atoms with E-state index < -0.39 is 12.0 Å². The van der Waals surface area contributed by atoms with Crippen molar-refractivity contribution < 1.29 is 22.6 Å². The van der Waals surface area contributed by atoms with Crippen LogP contribution in [0, 0.1) is 0 Å². The van der Waals surface area contributed by atoms with Gasteiger partial charge in [-0.25, -0.2) is 14.7 Å². The Morgan fingerprint density at radius 2 is 1.89 bits per heavy atom. The van der Waals surface area contributed by atoms with E-state index in [9.17, 15) is 13.2 Å². The molecule has 4 heterocycles. The average Bonchev–Trinajstić information content (AvgIpc) is 3.49. The van der Waals surface area contributed by atoms with Crippen molar-refractivity contribution >= 4 is 5.90 Å². The van der Waals surface area contributed by atoms with Crippen molar-refractivity contribution in [2.24, 2.45) is 4.99 Å². The fraction of sp³-hybridized carbons (Fsp3) is 0.250. The summed E-state index contributed by atoms with van der Waals surface area (Å²) in [5.74, 6) is 0.0644. The fourth-order valence-electron chi connectivity index (χ4n) is 4.58. The van der Waals surface area contributed by atoms with Crippen molar-refractivity contribution in [2.75, 3.05) is 0 Å². The van der Waals surface area contributed by atoms with Crippen LogP contribution in [0.25, 0.3) is 11.4 Å². The molecule has 0 fully saturated rings. The predicted molar refractivity (Wildman–Crippen MR) is 119 cm³/mol. The van der Waals surface area contributed by atoms with Gasteiger partial charge in [-0.2, -0.15) is 0 Å². The van der Waals surface area contributed by atoms with Crippen molar-refractivity contribution in [1.82, 2.24) is 24.5 Å². The highest BCUT2D eigenvalue weighted by atomic mass is 19.4. The summed E-state index contributed by atoms with van der Waals surface area (Å²) in [5.41, 5.74) is 3.40. The molecule has 6 rings (SSSR count). The quantitative estimate of drug-likeness (QED) is 0.379. The summed E-state index contributed by atoms with van der Waals surface area (Å²) in [6, 6.07) is 13.8. The Morgan fingerprint density at radius 3 is 2.66 bits per heavy atom. The van der Waals surface area contributed by atoms with E-state index in [0.717, 1.165) is 11.3 Å². The zero-order valence-electron chi connectivity index (χ0n) is 18.7. The van der Waals surface area contributed by atoms with Crippen LogP contribution in [-0.4, -0.2) is 42.4 Å². The van der Waals surface area contributed by atoms with Gasteiger partial charge in [0.25, 0.3) is 0 Å². The van der Waals surface area contributed by atoms with Crippen molar-refractivity contribution in [1.29, 1.82) is 0 Å². The largest absolute Gasteiger partial charge is 0.573 e. The lowest BCUT2D eigenvalue weighted by molar-refractivity contribution is -0.274. The van der Waals surface area contributed by atoms with Gasteiger partial charge in [-0.3, -0.25) is 4.57 Å². The first kappa shape index (κ1) is 21.4. The molecule has 0 aliphatic carbocycles. The Labute approximate surface area is 197 Å². The maximum absolute atomic E-state index is 12.8. The van der Waals surface area contributed by atoms with E-state index in [4.69, 9.17) is 9.73 Å². The predicted octanol–water partition coefficient (Wildman–Crippen LogP) is 4.55. The molecule has 2 aromatic carbocycles. The summed E-state index contributed by atoms with van der Waals surface area (Å²) in [6.45, 7) is 3.96. The third kappa shape index (κ3) is 3.63. The van der Waals surface area contributed by atoms with Crippen LogP contribution >= 0.6 is 0 Å². The highest BCUT2D eigenvalue weighted by molar-refractivity contribution is 5.95. The van der Waals surface area contributed by atoms with E-state index in [2.05, 4.69) is 20.0 Å². The van der Waals surface area contributed by atoms with Crippen LogP contribution in [0.3, 0.4) is 0 Å². The minimum atomic E-state index is -4.81. The van der Waals surface area contributed by atoms with Gasteiger partial charge in [0.05, 0.1) is 29.0 Å². The lowest BCUT2D eigenvalue weighted by Gasteiger charge is -2.25. The van der Waals surface area contributed by atoms with Gasteiger partial charge in [0.15, 0.2) is 0 Å². The molecule has 0 spiro atoms. The van der Waals surface area contributed by atoms with Gasteiger partial charge in [-0.1, -0.05) is 35.5 Å². The van der Waals surface area contributed by atoms with Crippen molar-refractivity contribution in [3.8, 4) is 17.1 Å². The van der Waals surface area contributed by atoms with E-state index in [-0.39, 0.29) is 11.8 Å². The number of ether oxygens (including phenoxy) is 2. The smallest absolute Gasteiger partial charge is 0.468 e. The lowest BCUT2D eigenvalue weighted by Crippen LogP contribution is -2.28. The molecule has 0 saturated carbocycles. The molecule has 2 aromatic heterocycles. The van der Waals surface area contributed by atoms with Gasteiger partial charge in [-0.05, 0) is 31.5 Å². The summed E-state index contributed by atoms with van der Waals surface area (Å²) in [6.07, 6.45) is -1.26. The van der Waals surface area contributed by atoms with E-state index in [1.807, 2.05) is 48.7 Å². The summed E-state index contributed by atoms with van der Waals surface area (Å²) in [5, 5.41) is 8.06. The van der Waals surface area contributed by atoms with Crippen LogP contribution in [0.5, 0.6) is 5.75 Å². The fourth-order valence-corrected chi connectivity index (χ4v) is 4.58. The molecular formula is C24H19F3N6O2. The van der Waals surface area contributed by atoms with Gasteiger partial charge < -0.3 is 9.47 Å². The van der Waals surface area contributed by atoms with E-state index in [1.54, 1.807) is 12.5 Å². The van der Waals surface area contributed by atoms with Gasteiger partial charge in [0.2, 0.25) is 5.90 Å². The summed E-state index contributed by atoms with van der Waals surface area (Å²) in [4.78, 5) is 9.48. The molecule has 2 aliphatic rings. The van der Waals surface area contributed by atoms with Crippen LogP contribution in [0.2, 0.25) is 0 Å². The Balaban J connectivity index is 1.46. The first-order valence-electron chi connectivity index (χ1n) is 10.9. The van der Waals surface area contributed by atoms with Gasteiger partial charge >= 0.3 is 6.36 Å². The Kier molecular flexibility index (Phi) is 4.54. The normalized spacial score (nSPS) is 18.1. The van der Waals surface area contributed by atoms with Gasteiger partial charge in [0, 0.05) is 12.5 Å². The standard InChI is InChI=1S/C24H19F3N6O2/c1-23(2)21(14-6-4-3-5-7-14)30-22(35-23)20-19-10-15-12-29-31-33(15)18-11-16(34-24(25,26)27)8-9-17(18)32(19)13-28-20/h3-9,11-13,21H,10H2,1-2H3/t21-/m1/s1. The van der Waals surface area contributed by atoms with Crippen molar-refractivity contribution in [3.05, 3.63) is 83.7 Å². The Morgan fingerprint density at radius 1 is 1.09 bits per heavy atom. The minimum Gasteiger partial charge on any atom is -0.468 e. The molecule has 178 valence electrons. The summed E-state index contributed by atoms with van der Waals surface area (Å²) in [7, 11) is 0. The SMILES string of the molecule is CC1(C)OC(c2ncn3c2Cc2cnnn2-c2cc(OC(F)(F)F)ccc2-3)=N[C@@H]1c1ccccc1. The number of fused-ring (bicyclic) bond motifs is 5. The van der Waals surface area contributed by atoms with Crippen LogP contribution in [0.1, 0.15) is 42.5 Å². The second-order valence-electron chi connectivity index (χ2n) is 8.88. The number of benzene rings is 2. The molecule has 0 unspecified atom stereocenters. The number of rotatable bonds is 3. The monoisotopic (exact) mass is 480 g/mol. The number of hydrogen-bond donors (Lipinski definition) is 0. The zero-order valence-corrected chi connectivity index (χ0v) is 18.7. The highest BCUT2D eigenvalue weighted by Gasteiger charge is 2.42. The molecule has 0 radical (unpaired) electrons. The number of aliphatic imine (C=N–C) groups is 1. The van der Waals surface area contributed by atoms with Crippen molar-refractivity contribution in [2.45, 2.75) is 38.3 Å². The third-order valence-corrected chi connectivity index (χ3v) is 6.09. The molecule has 4 aromatic rings. The zero-order chi connectivity index (χ0) is 24.4. The number of nitrogens with zero attached hydrogens (tertiary/aromatic N) is 6. The molecule has 0 N–H and O–H groups in total. The van der Waals surface area contributed by atoms with Crippen LogP contribution in [-0.2, 0) is 11.2 Å². The molecule has 0 bridgehead atoms. The second-order valence-corrected chi connectivity index (χ2v) is 8.88. The Bertz CT molecular complexity index is 1460. The first-order chi connectivity index (χ1) is 16.7. The Hall–Kier alpha value is -4.15. The van der Waals surface area contributed by atoms with E-state index in [1.165, 1.54) is 22.9 Å². The molecule has 11 heteroatoms. The van der Waals surface area contributed by atoms with Gasteiger partial charge in [0.1, 0.15) is 29.4 Å². The third-order valence-electron chi connectivity index (χ3n) is 6.09. The average molecular weight is 480 g/mol. The maximum atomic E-state index is 12.8. The number of hydrogen-bond acceptors (Lipinski definition) is 6. The number of alkyl halides is 3. The van der Waals surface area contributed by atoms with Gasteiger partial charge in [-0.15, -0.1) is 18.3 Å². The molecule has 0 saturated heterocycles. The molecule has 35 heavy (non-hydrogen) atoms. The van der Waals surface area contributed by atoms with Crippen LogP contribution in [0.15, 0.2) is 66.0 Å². The van der Waals surface area contributed by atoms with Crippen molar-refractivity contribution in [3.63, 3.8) is 0 Å². The second kappa shape index (κ2) is 7.42. The molecule has 1 atom stereocenters. The van der Waals surface area contributed by atoms with E-state index in [0.29, 0.717) is 35.1 Å². The molecular weight excluding hydrogens is 461 g/mol. The number of halogens is 3. The first-order valence-corrected chi connectivity index (χ1v) is 10.9. The summed E-state index contributed by atoms with van der Waals surface area (Å²) < 4.78 is 52.2. The van der Waals surface area contributed by atoms with Crippen LogP contribution in [0.4, 0.5) is 13.2 Å². The molecule has 0 amide bonds. The molecule has 2 aliphatic heterocycles.